The summed E-state index contributed by atoms with van der Waals surface area (Å²) in [4.78, 5) is 19.9. The minimum absolute atomic E-state index is 0.168. The number of aryl methyl sites for hydroxylation is 1. The summed E-state index contributed by atoms with van der Waals surface area (Å²) in [6, 6.07) is 0. The van der Waals surface area contributed by atoms with Gasteiger partial charge in [-0.2, -0.15) is 0 Å². The Morgan fingerprint density at radius 2 is 2.00 bits per heavy atom. The van der Waals surface area contributed by atoms with Gasteiger partial charge in [-0.15, -0.1) is 0 Å². The van der Waals surface area contributed by atoms with Crippen molar-refractivity contribution in [1.29, 1.82) is 0 Å². The van der Waals surface area contributed by atoms with Crippen molar-refractivity contribution in [3.05, 3.63) is 18.2 Å². The molecule has 0 aliphatic carbocycles. The normalized spacial score (nSPS) is 28.3. The van der Waals surface area contributed by atoms with Crippen molar-refractivity contribution in [1.82, 2.24) is 19.4 Å². The zero-order chi connectivity index (χ0) is 16.7. The van der Waals surface area contributed by atoms with Gasteiger partial charge >= 0.3 is 0 Å². The zero-order valence-electron chi connectivity index (χ0n) is 13.2. The topological polar surface area (TPSA) is 61.6 Å². The second kappa shape index (κ2) is 5.83. The molecule has 3 rings (SSSR count). The van der Waals surface area contributed by atoms with Crippen molar-refractivity contribution in [2.24, 2.45) is 7.05 Å². The number of nitrogens with zero attached hydrogens (tertiary/aromatic N) is 4. The molecule has 0 bridgehead atoms. The number of carbonyl (C=O) groups is 1. The van der Waals surface area contributed by atoms with E-state index >= 15 is 0 Å². The maximum absolute atomic E-state index is 13.2. The molecule has 0 aromatic carbocycles. The predicted molar refractivity (Wildman–Crippen MR) is 79.3 cm³/mol. The number of alkyl halides is 2. The first-order chi connectivity index (χ1) is 10.8. The molecule has 1 aromatic rings. The second-order valence-corrected chi connectivity index (χ2v) is 6.69. The van der Waals surface area contributed by atoms with Crippen molar-refractivity contribution in [2.45, 2.75) is 30.8 Å². The van der Waals surface area contributed by atoms with Crippen LogP contribution in [0.5, 0.6) is 0 Å². The third kappa shape index (κ3) is 3.53. The number of hydrogen-bond acceptors (Lipinski definition) is 4. The highest BCUT2D eigenvalue weighted by molar-refractivity contribution is 5.91. The molecule has 0 radical (unpaired) electrons. The van der Waals surface area contributed by atoms with Gasteiger partial charge in [0.2, 0.25) is 0 Å². The van der Waals surface area contributed by atoms with Crippen LogP contribution in [0.3, 0.4) is 0 Å². The van der Waals surface area contributed by atoms with Crippen LogP contribution in [0.4, 0.5) is 8.78 Å². The standard InChI is InChI=1S/C15H22F2N4O2/c1-19-9-5-18-12(19)13(22)21-8-2-14(23,11-21)10-20-6-3-15(16,17)4-7-20/h5,9,23H,2-4,6-8,10-11H2,1H3/t14-/m1/s1. The van der Waals surface area contributed by atoms with E-state index in [0.29, 0.717) is 25.3 Å². The van der Waals surface area contributed by atoms with Crippen molar-refractivity contribution in [3.8, 4) is 0 Å². The molecule has 0 spiro atoms. The minimum atomic E-state index is -2.59. The van der Waals surface area contributed by atoms with Crippen LogP contribution < -0.4 is 0 Å². The zero-order valence-corrected chi connectivity index (χ0v) is 13.2. The largest absolute Gasteiger partial charge is 0.387 e. The second-order valence-electron chi connectivity index (χ2n) is 6.69. The van der Waals surface area contributed by atoms with E-state index in [-0.39, 0.29) is 38.4 Å². The van der Waals surface area contributed by atoms with Crippen LogP contribution >= 0.6 is 0 Å². The Balaban J connectivity index is 1.58. The maximum Gasteiger partial charge on any atom is 0.289 e. The first kappa shape index (κ1) is 16.3. The van der Waals surface area contributed by atoms with E-state index in [9.17, 15) is 18.7 Å². The minimum Gasteiger partial charge on any atom is -0.387 e. The van der Waals surface area contributed by atoms with Gasteiger partial charge in [-0.3, -0.25) is 9.69 Å². The number of piperidine rings is 1. The molecule has 1 amide bonds. The van der Waals surface area contributed by atoms with Crippen LogP contribution in [0.15, 0.2) is 12.4 Å². The third-order valence-corrected chi connectivity index (χ3v) is 4.74. The van der Waals surface area contributed by atoms with Crippen LogP contribution in [0.1, 0.15) is 29.9 Å². The van der Waals surface area contributed by atoms with E-state index in [1.54, 1.807) is 28.9 Å². The quantitative estimate of drug-likeness (QED) is 0.889. The van der Waals surface area contributed by atoms with E-state index in [2.05, 4.69) is 4.98 Å². The van der Waals surface area contributed by atoms with E-state index in [0.717, 1.165) is 0 Å². The Morgan fingerprint density at radius 1 is 1.30 bits per heavy atom. The van der Waals surface area contributed by atoms with E-state index < -0.39 is 11.5 Å². The van der Waals surface area contributed by atoms with Gasteiger partial charge in [0.05, 0.1) is 12.1 Å². The first-order valence-corrected chi connectivity index (χ1v) is 7.87. The molecule has 2 aliphatic heterocycles. The van der Waals surface area contributed by atoms with Crippen molar-refractivity contribution < 1.29 is 18.7 Å². The monoisotopic (exact) mass is 328 g/mol. The number of aliphatic hydroxyl groups is 1. The Hall–Kier alpha value is -1.54. The molecule has 128 valence electrons. The van der Waals surface area contributed by atoms with Crippen molar-refractivity contribution >= 4 is 5.91 Å². The highest BCUT2D eigenvalue weighted by Crippen LogP contribution is 2.30. The molecule has 3 heterocycles. The highest BCUT2D eigenvalue weighted by Gasteiger charge is 2.42. The summed E-state index contributed by atoms with van der Waals surface area (Å²) < 4.78 is 28.0. The van der Waals surface area contributed by atoms with Crippen molar-refractivity contribution in [3.63, 3.8) is 0 Å². The molecule has 2 aliphatic rings. The number of imidazole rings is 1. The third-order valence-electron chi connectivity index (χ3n) is 4.74. The molecule has 8 heteroatoms. The summed E-state index contributed by atoms with van der Waals surface area (Å²) in [6.07, 6.45) is 3.38. The molecule has 2 fully saturated rings. The fourth-order valence-electron chi connectivity index (χ4n) is 3.33. The van der Waals surface area contributed by atoms with E-state index in [1.807, 2.05) is 4.90 Å². The number of rotatable bonds is 3. The van der Waals surface area contributed by atoms with Crippen LogP contribution in [0, 0.1) is 0 Å². The molecular formula is C15H22F2N4O2. The van der Waals surface area contributed by atoms with Gasteiger partial charge in [-0.25, -0.2) is 13.8 Å². The Morgan fingerprint density at radius 3 is 2.61 bits per heavy atom. The van der Waals surface area contributed by atoms with E-state index in [1.165, 1.54) is 0 Å². The van der Waals surface area contributed by atoms with Crippen LogP contribution in [-0.2, 0) is 7.05 Å². The van der Waals surface area contributed by atoms with Crippen LogP contribution in [0.2, 0.25) is 0 Å². The number of likely N-dealkylation sites (tertiary alicyclic amines) is 2. The molecule has 1 aromatic heterocycles. The van der Waals surface area contributed by atoms with Crippen LogP contribution in [-0.4, -0.2) is 74.6 Å². The van der Waals surface area contributed by atoms with E-state index in [4.69, 9.17) is 0 Å². The highest BCUT2D eigenvalue weighted by atomic mass is 19.3. The number of β-amino-alcohol motifs (C(OH)–C–C–N with tert-alkyl or cyclic N) is 1. The first-order valence-electron chi connectivity index (χ1n) is 7.87. The lowest BCUT2D eigenvalue weighted by Crippen LogP contribution is -2.49. The Bertz CT molecular complexity index is 582. The summed E-state index contributed by atoms with van der Waals surface area (Å²) >= 11 is 0. The fourth-order valence-corrected chi connectivity index (χ4v) is 3.33. The number of carbonyl (C=O) groups excluding carboxylic acids is 1. The average molecular weight is 328 g/mol. The maximum atomic E-state index is 13.2. The molecule has 0 saturated carbocycles. The predicted octanol–water partition coefficient (Wildman–Crippen LogP) is 0.728. The molecular weight excluding hydrogens is 306 g/mol. The van der Waals surface area contributed by atoms with Crippen molar-refractivity contribution in [2.75, 3.05) is 32.7 Å². The summed E-state index contributed by atoms with van der Waals surface area (Å²) in [5.74, 6) is -2.46. The van der Waals surface area contributed by atoms with Gasteiger partial charge in [0.25, 0.3) is 11.8 Å². The lowest BCUT2D eigenvalue weighted by Gasteiger charge is -2.36. The van der Waals surface area contributed by atoms with Crippen LogP contribution in [0.25, 0.3) is 0 Å². The lowest BCUT2D eigenvalue weighted by molar-refractivity contribution is -0.0720. The number of hydrogen-bond donors (Lipinski definition) is 1. The number of aromatic nitrogens is 2. The average Bonchev–Trinajstić information content (AvgIpc) is 3.07. The molecule has 6 nitrogen and oxygen atoms in total. The molecule has 2 saturated heterocycles. The summed E-state index contributed by atoms with van der Waals surface area (Å²) in [5, 5.41) is 10.7. The van der Waals surface area contributed by atoms with Gasteiger partial charge in [-0.05, 0) is 6.42 Å². The summed E-state index contributed by atoms with van der Waals surface area (Å²) in [5.41, 5.74) is -1.03. The van der Waals surface area contributed by atoms with Gasteiger partial charge in [0.15, 0.2) is 5.82 Å². The fraction of sp³-hybridized carbons (Fsp3) is 0.733. The molecule has 1 atom stereocenters. The summed E-state index contributed by atoms with van der Waals surface area (Å²) in [6.45, 7) is 1.55. The number of amides is 1. The Kier molecular flexibility index (Phi) is 4.14. The number of halogens is 2. The molecule has 23 heavy (non-hydrogen) atoms. The lowest BCUT2D eigenvalue weighted by atomic mass is 10.00. The Labute approximate surface area is 133 Å². The van der Waals surface area contributed by atoms with Gasteiger partial charge in [0.1, 0.15) is 0 Å². The molecule has 1 N–H and O–H groups in total. The molecule has 0 unspecified atom stereocenters. The van der Waals surface area contributed by atoms with Gasteiger partial charge in [-0.1, -0.05) is 0 Å². The van der Waals surface area contributed by atoms with Gasteiger partial charge < -0.3 is 14.6 Å². The summed E-state index contributed by atoms with van der Waals surface area (Å²) in [7, 11) is 1.75. The smallest absolute Gasteiger partial charge is 0.289 e. The van der Waals surface area contributed by atoms with Gasteiger partial charge in [0, 0.05) is 58.5 Å². The SMILES string of the molecule is Cn1ccnc1C(=O)N1CC[C@@](O)(CN2CCC(F)(F)CC2)C1.